The van der Waals surface area contributed by atoms with Crippen molar-refractivity contribution in [2.24, 2.45) is 5.92 Å². The summed E-state index contributed by atoms with van der Waals surface area (Å²) in [6.07, 6.45) is 10.4. The zero-order valence-corrected chi connectivity index (χ0v) is 15.8. The quantitative estimate of drug-likeness (QED) is 0.435. The molecule has 0 unspecified atom stereocenters. The van der Waals surface area contributed by atoms with E-state index in [1.54, 1.807) is 0 Å². The van der Waals surface area contributed by atoms with E-state index in [0.717, 1.165) is 30.0 Å². The van der Waals surface area contributed by atoms with Gasteiger partial charge in [0, 0.05) is 12.2 Å². The van der Waals surface area contributed by atoms with Crippen molar-refractivity contribution in [1.29, 1.82) is 0 Å². The summed E-state index contributed by atoms with van der Waals surface area (Å²) in [7, 11) is 0. The van der Waals surface area contributed by atoms with Gasteiger partial charge in [0.1, 0.15) is 0 Å². The second-order valence-electron chi connectivity index (χ2n) is 7.28. The molecule has 0 aliphatic rings. The van der Waals surface area contributed by atoms with E-state index in [4.69, 9.17) is 0 Å². The fraction of sp³-hybridized carbons (Fsp3) is 0.667. The number of hydrogen-bond donors (Lipinski definition) is 1. The molecule has 1 N–H and O–H groups in total. The number of amides is 1. The van der Waals surface area contributed by atoms with Gasteiger partial charge in [0.2, 0.25) is 0 Å². The highest BCUT2D eigenvalue weighted by Gasteiger charge is 2.13. The lowest BCUT2D eigenvalue weighted by Crippen LogP contribution is -2.30. The molecule has 3 nitrogen and oxygen atoms in total. The molecule has 1 amide bonds. The van der Waals surface area contributed by atoms with Gasteiger partial charge < -0.3 is 5.11 Å². The van der Waals surface area contributed by atoms with Crippen molar-refractivity contribution in [3.05, 3.63) is 29.8 Å². The molecule has 0 aliphatic carbocycles. The van der Waals surface area contributed by atoms with E-state index in [1.165, 1.54) is 49.8 Å². The highest BCUT2D eigenvalue weighted by molar-refractivity contribution is 5.85. The topological polar surface area (TPSA) is 40.5 Å². The molecule has 0 bridgehead atoms. The molecule has 1 rings (SSSR count). The number of benzene rings is 1. The predicted molar refractivity (Wildman–Crippen MR) is 103 cm³/mol. The number of carboxylic acid groups (broad SMARTS) is 1. The SMILES string of the molecule is Cc1ccc(N(CCCCCCCCCCC(C)C)C(=O)O)cc1. The van der Waals surface area contributed by atoms with Gasteiger partial charge in [-0.25, -0.2) is 4.79 Å². The normalized spacial score (nSPS) is 11.0. The van der Waals surface area contributed by atoms with Gasteiger partial charge in [-0.2, -0.15) is 0 Å². The number of aryl methyl sites for hydroxylation is 1. The minimum Gasteiger partial charge on any atom is -0.465 e. The zero-order chi connectivity index (χ0) is 17.8. The van der Waals surface area contributed by atoms with Gasteiger partial charge in [-0.15, -0.1) is 0 Å². The molecule has 0 aromatic heterocycles. The van der Waals surface area contributed by atoms with E-state index < -0.39 is 6.09 Å². The monoisotopic (exact) mass is 333 g/mol. The number of nitrogens with zero attached hydrogens (tertiary/aromatic N) is 1. The third-order valence-corrected chi connectivity index (χ3v) is 4.49. The Morgan fingerprint density at radius 2 is 1.42 bits per heavy atom. The van der Waals surface area contributed by atoms with Crippen LogP contribution in [-0.4, -0.2) is 17.7 Å². The highest BCUT2D eigenvalue weighted by Crippen LogP contribution is 2.17. The van der Waals surface area contributed by atoms with Crippen LogP contribution >= 0.6 is 0 Å². The number of unbranched alkanes of at least 4 members (excludes halogenated alkanes) is 7. The maximum absolute atomic E-state index is 11.4. The average molecular weight is 334 g/mol. The molecule has 1 aromatic carbocycles. The summed E-state index contributed by atoms with van der Waals surface area (Å²) >= 11 is 0. The van der Waals surface area contributed by atoms with Gasteiger partial charge in [-0.3, -0.25) is 4.90 Å². The first-order valence-corrected chi connectivity index (χ1v) is 9.58. The highest BCUT2D eigenvalue weighted by atomic mass is 16.4. The Labute approximate surface area is 148 Å². The van der Waals surface area contributed by atoms with Crippen LogP contribution in [0, 0.1) is 12.8 Å². The van der Waals surface area contributed by atoms with E-state index in [0.29, 0.717) is 6.54 Å². The van der Waals surface area contributed by atoms with Crippen molar-refractivity contribution in [3.8, 4) is 0 Å². The summed E-state index contributed by atoms with van der Waals surface area (Å²) in [6.45, 7) is 7.18. The van der Waals surface area contributed by atoms with Gasteiger partial charge in [0.05, 0.1) is 0 Å². The van der Waals surface area contributed by atoms with E-state index in [1.807, 2.05) is 31.2 Å². The first-order chi connectivity index (χ1) is 11.5. The minimum absolute atomic E-state index is 0.590. The molecule has 3 heteroatoms. The predicted octanol–water partition coefficient (Wildman–Crippen LogP) is 6.65. The standard InChI is InChI=1S/C21H35NO2/c1-18(2)12-10-8-6-4-5-7-9-11-17-22(21(23)24)20-15-13-19(3)14-16-20/h13-16,18H,4-12,17H2,1-3H3,(H,23,24). The fourth-order valence-electron chi connectivity index (χ4n) is 2.94. The number of rotatable bonds is 12. The van der Waals surface area contributed by atoms with Crippen LogP contribution < -0.4 is 4.90 Å². The fourth-order valence-corrected chi connectivity index (χ4v) is 2.94. The van der Waals surface area contributed by atoms with Crippen LogP contribution in [-0.2, 0) is 0 Å². The van der Waals surface area contributed by atoms with Gasteiger partial charge in [-0.1, -0.05) is 82.9 Å². The Morgan fingerprint density at radius 1 is 0.917 bits per heavy atom. The zero-order valence-electron chi connectivity index (χ0n) is 15.8. The first-order valence-electron chi connectivity index (χ1n) is 9.58. The molecular weight excluding hydrogens is 298 g/mol. The van der Waals surface area contributed by atoms with Crippen molar-refractivity contribution in [2.75, 3.05) is 11.4 Å². The van der Waals surface area contributed by atoms with Crippen LogP contribution in [0.3, 0.4) is 0 Å². The molecule has 0 fully saturated rings. The summed E-state index contributed by atoms with van der Waals surface area (Å²) in [6, 6.07) is 7.70. The Balaban J connectivity index is 2.12. The Morgan fingerprint density at radius 3 is 1.92 bits per heavy atom. The van der Waals surface area contributed by atoms with Gasteiger partial charge in [0.15, 0.2) is 0 Å². The van der Waals surface area contributed by atoms with Crippen molar-refractivity contribution in [3.63, 3.8) is 0 Å². The summed E-state index contributed by atoms with van der Waals surface area (Å²) in [5, 5.41) is 9.38. The molecule has 24 heavy (non-hydrogen) atoms. The molecule has 0 heterocycles. The molecule has 0 radical (unpaired) electrons. The molecular formula is C21H35NO2. The van der Waals surface area contributed by atoms with E-state index >= 15 is 0 Å². The average Bonchev–Trinajstić information content (AvgIpc) is 2.53. The van der Waals surface area contributed by atoms with Crippen molar-refractivity contribution >= 4 is 11.8 Å². The lowest BCUT2D eigenvalue weighted by molar-refractivity contribution is 0.201. The van der Waals surface area contributed by atoms with Crippen LogP contribution in [0.15, 0.2) is 24.3 Å². The molecule has 0 aliphatic heterocycles. The van der Waals surface area contributed by atoms with E-state index in [9.17, 15) is 9.90 Å². The van der Waals surface area contributed by atoms with Crippen LogP contribution in [0.4, 0.5) is 10.5 Å². The van der Waals surface area contributed by atoms with Crippen molar-refractivity contribution < 1.29 is 9.90 Å². The Hall–Kier alpha value is -1.51. The number of anilines is 1. The summed E-state index contributed by atoms with van der Waals surface area (Å²) in [5.74, 6) is 0.829. The Bertz CT molecular complexity index is 453. The van der Waals surface area contributed by atoms with Crippen LogP contribution in [0.5, 0.6) is 0 Å². The molecule has 0 atom stereocenters. The second kappa shape index (κ2) is 11.9. The van der Waals surface area contributed by atoms with Crippen molar-refractivity contribution in [2.45, 2.75) is 78.6 Å². The lowest BCUT2D eigenvalue weighted by atomic mass is 10.0. The van der Waals surface area contributed by atoms with Gasteiger partial charge in [0.25, 0.3) is 0 Å². The molecule has 1 aromatic rings. The lowest BCUT2D eigenvalue weighted by Gasteiger charge is -2.19. The third kappa shape index (κ3) is 8.95. The number of hydrogen-bond acceptors (Lipinski definition) is 1. The van der Waals surface area contributed by atoms with Gasteiger partial charge in [-0.05, 0) is 31.4 Å². The van der Waals surface area contributed by atoms with Crippen LogP contribution in [0.25, 0.3) is 0 Å². The van der Waals surface area contributed by atoms with Crippen LogP contribution in [0.2, 0.25) is 0 Å². The molecule has 0 saturated heterocycles. The largest absolute Gasteiger partial charge is 0.465 e. The molecule has 0 spiro atoms. The van der Waals surface area contributed by atoms with Gasteiger partial charge >= 0.3 is 6.09 Å². The molecule has 136 valence electrons. The molecule has 0 saturated carbocycles. The maximum atomic E-state index is 11.4. The van der Waals surface area contributed by atoms with E-state index in [2.05, 4.69) is 13.8 Å². The first kappa shape index (κ1) is 20.5. The van der Waals surface area contributed by atoms with Crippen molar-refractivity contribution in [1.82, 2.24) is 0 Å². The third-order valence-electron chi connectivity index (χ3n) is 4.49. The second-order valence-corrected chi connectivity index (χ2v) is 7.28. The Kier molecular flexibility index (Phi) is 10.2. The maximum Gasteiger partial charge on any atom is 0.411 e. The summed E-state index contributed by atoms with van der Waals surface area (Å²) in [4.78, 5) is 12.9. The summed E-state index contributed by atoms with van der Waals surface area (Å²) in [5.41, 5.74) is 1.93. The number of carbonyl (C=O) groups is 1. The summed E-state index contributed by atoms with van der Waals surface area (Å²) < 4.78 is 0. The van der Waals surface area contributed by atoms with E-state index in [-0.39, 0.29) is 0 Å². The minimum atomic E-state index is -0.857. The van der Waals surface area contributed by atoms with Crippen LogP contribution in [0.1, 0.15) is 77.2 Å². The smallest absolute Gasteiger partial charge is 0.411 e.